The van der Waals surface area contributed by atoms with Gasteiger partial charge in [0.15, 0.2) is 6.80 Å². The molecule has 0 spiro atoms. The van der Waals surface area contributed by atoms with E-state index in [1.807, 2.05) is 98.7 Å². The third-order valence-corrected chi connectivity index (χ3v) is 22.2. The van der Waals surface area contributed by atoms with E-state index < -0.39 is 145 Å². The van der Waals surface area contributed by atoms with Crippen LogP contribution in [0.4, 0.5) is 17.1 Å². The fraction of sp³-hybridized carbons (Fsp3) is 0.786. The maximum Gasteiger partial charge on any atom is 0.472 e. The quantitative estimate of drug-likeness (QED) is 0.0236. The molecule has 22 unspecified atom stereocenters. The topological polar surface area (TPSA) is 355 Å². The van der Waals surface area contributed by atoms with Gasteiger partial charge in [-0.3, -0.25) is 31.4 Å². The summed E-state index contributed by atoms with van der Waals surface area (Å²) < 4.78 is 186. The van der Waals surface area contributed by atoms with Crippen molar-refractivity contribution in [3.05, 3.63) is 48.5 Å². The molecule has 93 heavy (non-hydrogen) atoms. The van der Waals surface area contributed by atoms with Crippen LogP contribution in [-0.2, 0) is 110 Å². The van der Waals surface area contributed by atoms with Crippen molar-refractivity contribution >= 4 is 95.7 Å². The van der Waals surface area contributed by atoms with Gasteiger partial charge in [-0.1, -0.05) is 39.1 Å². The molecule has 37 heteroatoms. The van der Waals surface area contributed by atoms with Crippen molar-refractivity contribution in [3.8, 4) is 0 Å². The van der Waals surface area contributed by atoms with E-state index >= 15 is 0 Å². The Morgan fingerprint density at radius 3 is 1.47 bits per heavy atom. The van der Waals surface area contributed by atoms with Gasteiger partial charge < -0.3 is 66.9 Å². The number of nitrogens with zero attached hydrogens (tertiary/aromatic N) is 3. The predicted octanol–water partition coefficient (Wildman–Crippen LogP) is 7.42. The molecule has 0 aromatic heterocycles. The van der Waals surface area contributed by atoms with Crippen molar-refractivity contribution in [2.45, 2.75) is 184 Å². The highest BCUT2D eigenvalue weighted by Gasteiger charge is 2.43. The van der Waals surface area contributed by atoms with Gasteiger partial charge in [0.05, 0.1) is 104 Å². The van der Waals surface area contributed by atoms with Gasteiger partial charge in [-0.25, -0.2) is 13.7 Å². The zero-order valence-corrected chi connectivity index (χ0v) is 59.9. The molecular weight excluding hydrogens is 1360 g/mol. The second-order valence-electron chi connectivity index (χ2n) is 24.0. The molecule has 0 bridgehead atoms. The Balaban J connectivity index is 0.000000252. The fourth-order valence-corrected chi connectivity index (χ4v) is 16.6. The zero-order chi connectivity index (χ0) is 72.0. The van der Waals surface area contributed by atoms with Crippen molar-refractivity contribution < 1.29 is 121 Å². The molecule has 28 nitrogen and oxygen atoms in total. The highest BCUT2D eigenvalue weighted by molar-refractivity contribution is 8.54. The minimum atomic E-state index is -4.63. The highest BCUT2D eigenvalue weighted by Crippen LogP contribution is 2.56. The van der Waals surface area contributed by atoms with Crippen LogP contribution in [0.3, 0.4) is 0 Å². The number of ether oxygens (including phenoxy) is 8. The van der Waals surface area contributed by atoms with Crippen LogP contribution in [0.1, 0.15) is 99.4 Å². The molecule has 0 aliphatic carbocycles. The molecular formula is C56H92B2N3O25P4S3-. The SMILES string of the molecule is [3H]C1CC(OP(=O)(O)OCC2OC([3H])CC2C(C)C)C(COS(=O)(=O)c2ccc(N=Nc3ccc(N(C)C)cc3)cc2)O1.[3H]C1CC(OP(=O)(O)OCC2OC([3H])CC2C(C)C)C(CSP(=O)([O-])OC2CC([B])OC2COC(C)C)O1.[B]C1CC(OP(=O)([O-])[SH2+])C(COC(C)C)O1. The molecule has 2 aromatic rings. The molecule has 6 heterocycles. The summed E-state index contributed by atoms with van der Waals surface area (Å²) in [6, 6.07) is 11.9. The summed E-state index contributed by atoms with van der Waals surface area (Å²) in [6.07, 6.45) is -6.50. The predicted molar refractivity (Wildman–Crippen MR) is 348 cm³/mol. The third kappa shape index (κ3) is 28.0. The molecule has 2 N–H and O–H groups in total. The Kier molecular flexibility index (Phi) is 30.0. The van der Waals surface area contributed by atoms with Crippen molar-refractivity contribution in [3.63, 3.8) is 0 Å². The Bertz CT molecular complexity index is 3100. The van der Waals surface area contributed by atoms with E-state index in [0.29, 0.717) is 42.0 Å². The first-order valence-electron chi connectivity index (χ1n) is 32.7. The molecule has 22 atom stereocenters. The van der Waals surface area contributed by atoms with Gasteiger partial charge in [0.25, 0.3) is 10.1 Å². The van der Waals surface area contributed by atoms with E-state index in [4.69, 9.17) is 90.4 Å². The van der Waals surface area contributed by atoms with Crippen LogP contribution in [0.5, 0.6) is 0 Å². The summed E-state index contributed by atoms with van der Waals surface area (Å²) in [5, 5.41) is 8.29. The van der Waals surface area contributed by atoms with Gasteiger partial charge in [0.1, 0.15) is 40.1 Å². The van der Waals surface area contributed by atoms with Crippen LogP contribution in [0.2, 0.25) is 0 Å². The summed E-state index contributed by atoms with van der Waals surface area (Å²) in [4.78, 5) is 46.1. The van der Waals surface area contributed by atoms with Crippen LogP contribution in [-0.4, -0.2) is 198 Å². The van der Waals surface area contributed by atoms with E-state index in [0.717, 1.165) is 5.69 Å². The largest absolute Gasteiger partial charge is 0.770 e. The van der Waals surface area contributed by atoms with Gasteiger partial charge in [-0.2, -0.15) is 18.6 Å². The number of phosphoric ester groups is 2. The third-order valence-electron chi connectivity index (χ3n) is 15.1. The molecule has 0 saturated carbocycles. The maximum absolute atomic E-state index is 12.8. The maximum atomic E-state index is 12.8. The number of hydrogen-bond acceptors (Lipinski definition) is 27. The molecule has 0 amide bonds. The lowest BCUT2D eigenvalue weighted by atomic mass is 9.90. The van der Waals surface area contributed by atoms with Crippen LogP contribution in [0, 0.1) is 23.7 Å². The monoisotopic (exact) mass is 1460 g/mol. The minimum Gasteiger partial charge on any atom is -0.770 e. The normalized spacial score (nSPS) is 34.7. The Labute approximate surface area is 564 Å². The summed E-state index contributed by atoms with van der Waals surface area (Å²) in [5.74, 6) is 0.164. The number of benzene rings is 2. The molecule has 8 rings (SSSR count). The second-order valence-corrected chi connectivity index (χ2v) is 35.1. The van der Waals surface area contributed by atoms with E-state index in [1.165, 1.54) is 24.3 Å². The lowest BCUT2D eigenvalue weighted by Gasteiger charge is -2.30. The highest BCUT2D eigenvalue weighted by atomic mass is 32.7. The van der Waals surface area contributed by atoms with Gasteiger partial charge >= 0.3 is 22.4 Å². The van der Waals surface area contributed by atoms with E-state index in [2.05, 4.69) is 22.5 Å². The van der Waals surface area contributed by atoms with Crippen LogP contribution < -0.4 is 14.7 Å². The molecule has 526 valence electrons. The van der Waals surface area contributed by atoms with Crippen molar-refractivity contribution in [2.24, 2.45) is 33.9 Å². The molecule has 6 saturated heterocycles. The van der Waals surface area contributed by atoms with Crippen molar-refractivity contribution in [2.75, 3.05) is 84.1 Å². The molecule has 2 aromatic carbocycles. The summed E-state index contributed by atoms with van der Waals surface area (Å²) >= 11 is 2.97. The average Bonchev–Trinajstić information content (AvgIpc) is 1.82. The molecule has 6 aliphatic rings. The molecule has 4 radical (unpaired) electrons. The summed E-state index contributed by atoms with van der Waals surface area (Å²) in [5.41, 5.74) is 2.08. The molecule has 6 fully saturated rings. The number of hydrogen-bond donors (Lipinski definition) is 2. The minimum absolute atomic E-state index is 0.00312. The van der Waals surface area contributed by atoms with Crippen molar-refractivity contribution in [1.82, 2.24) is 0 Å². The Hall–Kier alpha value is -1.22. The zero-order valence-electron chi connectivity index (χ0n) is 57.7. The number of phosphoric acid groups is 2. The second kappa shape index (κ2) is 37.5. The van der Waals surface area contributed by atoms with E-state index in [-0.39, 0.29) is 92.2 Å². The van der Waals surface area contributed by atoms with Crippen LogP contribution in [0.25, 0.3) is 0 Å². The number of azo groups is 1. The average molecular weight is 1460 g/mol. The van der Waals surface area contributed by atoms with Gasteiger partial charge in [0.2, 0.25) is 0 Å². The Morgan fingerprint density at radius 2 is 1.03 bits per heavy atom. The number of anilines is 1. The summed E-state index contributed by atoms with van der Waals surface area (Å²) in [7, 11) is 1.79. The molecule has 6 aliphatic heterocycles. The smallest absolute Gasteiger partial charge is 0.472 e. The lowest BCUT2D eigenvalue weighted by molar-refractivity contribution is -0.197. The van der Waals surface area contributed by atoms with Crippen LogP contribution in [0.15, 0.2) is 63.7 Å². The first kappa shape index (κ1) is 74.5. The number of rotatable bonds is 32. The van der Waals surface area contributed by atoms with Gasteiger partial charge in [-0.15, -0.1) is 0 Å². The fourth-order valence-electron chi connectivity index (χ4n) is 10.1. The Morgan fingerprint density at radius 1 is 0.613 bits per heavy atom. The van der Waals surface area contributed by atoms with Crippen LogP contribution >= 0.6 is 40.6 Å². The first-order chi connectivity index (χ1) is 45.1. The lowest BCUT2D eigenvalue weighted by Crippen LogP contribution is -2.31. The van der Waals surface area contributed by atoms with Crippen molar-refractivity contribution in [1.29, 1.82) is 0 Å². The van der Waals surface area contributed by atoms with E-state index in [9.17, 15) is 46.3 Å². The standard InChI is InChI=1S/C27H38N3O9PS.C21H39BO11P2S.C8H16BO5PS/c1-19(2)24-13-15-35-26(24)17-37-40(31,32)39-25-14-16-36-27(25)18-38-41(33,34)23-11-7-21(8-12-23)29-28-20-5-9-22(10-6-20)30(3)4;1-13(2)15-5-7-27-18(15)11-30-34(23,24)32-16-6-8-28-20(16)12-36-35(25,26)33-17-9-21(22)31-19(17)10-29-14(3)4;1-5(2)12-4-7-6(3-8(9)13-7)14-15(10,11)16/h5-12,19,24-27H,13-18H2,1-4H3,(H,31,32);13-21H,5-12H2,1-4H3,(H,23,24)(H,25,26);5-8H,3-4H2,1-2H3,(H2,10,11,16)/p-1/i15T,16T;7T,8T;. The first-order valence-corrected chi connectivity index (χ1v) is 40.8. The summed E-state index contributed by atoms with van der Waals surface area (Å²) in [6.45, 7) is 2.64. The van der Waals surface area contributed by atoms with E-state index in [1.54, 1.807) is 0 Å². The van der Waals surface area contributed by atoms with Gasteiger partial charge in [-0.05, 0) is 126 Å². The van der Waals surface area contributed by atoms with Gasteiger partial charge in [0, 0.05) is 89.0 Å².